The fourth-order valence-corrected chi connectivity index (χ4v) is 5.46. The van der Waals surface area contributed by atoms with Gasteiger partial charge in [0.2, 0.25) is 0 Å². The molecule has 0 unspecified atom stereocenters. The summed E-state index contributed by atoms with van der Waals surface area (Å²) in [5, 5.41) is 6.59. The number of hydrogen-bond donors (Lipinski definition) is 1. The zero-order valence-electron chi connectivity index (χ0n) is 16.7. The van der Waals surface area contributed by atoms with Crippen LogP contribution in [-0.4, -0.2) is 28.0 Å². The van der Waals surface area contributed by atoms with E-state index in [1.807, 2.05) is 42.5 Å². The largest absolute Gasteiger partial charge is 0.484 e. The van der Waals surface area contributed by atoms with Gasteiger partial charge < -0.3 is 10.1 Å². The summed E-state index contributed by atoms with van der Waals surface area (Å²) in [5.74, 6) is 0.191. The summed E-state index contributed by atoms with van der Waals surface area (Å²) in [6.45, 7) is -0.161. The van der Waals surface area contributed by atoms with Gasteiger partial charge in [0.25, 0.3) is 15.9 Å². The number of amides is 1. The minimum absolute atomic E-state index is 0.161. The summed E-state index contributed by atoms with van der Waals surface area (Å²) in [7, 11) is -2.09. The Morgan fingerprint density at radius 1 is 0.968 bits per heavy atom. The summed E-state index contributed by atoms with van der Waals surface area (Å²) >= 11 is 1.17. The fraction of sp³-hybridized carbons (Fsp3) is 0.0870. The Labute approximate surface area is 184 Å². The highest BCUT2D eigenvalue weighted by molar-refractivity contribution is 7.94. The Morgan fingerprint density at radius 2 is 1.71 bits per heavy atom. The van der Waals surface area contributed by atoms with Crippen LogP contribution in [0.2, 0.25) is 0 Å². The molecule has 4 aromatic rings. The second kappa shape index (κ2) is 8.79. The van der Waals surface area contributed by atoms with Gasteiger partial charge in [0.05, 0.1) is 5.69 Å². The molecule has 0 saturated carbocycles. The van der Waals surface area contributed by atoms with Crippen LogP contribution in [0.25, 0.3) is 10.8 Å². The van der Waals surface area contributed by atoms with Crippen molar-refractivity contribution < 1.29 is 17.9 Å². The van der Waals surface area contributed by atoms with Gasteiger partial charge in [0.1, 0.15) is 9.96 Å². The molecule has 0 radical (unpaired) electrons. The first kappa shape index (κ1) is 20.9. The maximum absolute atomic E-state index is 12.6. The Balaban J connectivity index is 1.39. The Hall–Kier alpha value is -3.36. The van der Waals surface area contributed by atoms with Crippen LogP contribution in [0.5, 0.6) is 5.75 Å². The molecule has 3 aromatic carbocycles. The number of sulfonamides is 1. The number of benzene rings is 3. The molecule has 6 nitrogen and oxygen atoms in total. The number of ether oxygens (including phenoxy) is 1. The third kappa shape index (κ3) is 4.55. The minimum atomic E-state index is -3.59. The monoisotopic (exact) mass is 452 g/mol. The first-order chi connectivity index (χ1) is 14.9. The molecule has 8 heteroatoms. The van der Waals surface area contributed by atoms with Crippen molar-refractivity contribution in [3.63, 3.8) is 0 Å². The van der Waals surface area contributed by atoms with Gasteiger partial charge in [-0.15, -0.1) is 11.3 Å². The standard InChI is InChI=1S/C23H20N2O4S2/c1-25(31(27,28)23-10-5-15-30-23)18-11-13-19(14-12-18)29-16-22(26)24-21-9-4-7-17-6-2-3-8-20(17)21/h2-15H,16H2,1H3,(H,24,26). The van der Waals surface area contributed by atoms with Crippen molar-refractivity contribution in [3.8, 4) is 5.75 Å². The average Bonchev–Trinajstić information content (AvgIpc) is 3.34. The van der Waals surface area contributed by atoms with Crippen LogP contribution in [0.15, 0.2) is 88.5 Å². The van der Waals surface area contributed by atoms with E-state index in [2.05, 4.69) is 5.32 Å². The number of carbonyl (C=O) groups excluding carboxylic acids is 1. The van der Waals surface area contributed by atoms with Crippen molar-refractivity contribution in [3.05, 3.63) is 84.2 Å². The summed E-state index contributed by atoms with van der Waals surface area (Å²) in [6.07, 6.45) is 0. The average molecular weight is 453 g/mol. The number of nitrogens with zero attached hydrogens (tertiary/aromatic N) is 1. The highest BCUT2D eigenvalue weighted by Crippen LogP contribution is 2.27. The van der Waals surface area contributed by atoms with Crippen LogP contribution in [0.1, 0.15) is 0 Å². The van der Waals surface area contributed by atoms with Crippen molar-refractivity contribution in [2.75, 3.05) is 23.3 Å². The summed E-state index contributed by atoms with van der Waals surface area (Å²) < 4.78 is 32.3. The molecule has 158 valence electrons. The molecule has 4 rings (SSSR count). The van der Waals surface area contributed by atoms with Gasteiger partial charge in [-0.2, -0.15) is 0 Å². The molecule has 0 bridgehead atoms. The van der Waals surface area contributed by atoms with E-state index in [0.29, 0.717) is 11.4 Å². The molecular weight excluding hydrogens is 432 g/mol. The predicted octanol–water partition coefficient (Wildman–Crippen LogP) is 4.74. The zero-order valence-corrected chi connectivity index (χ0v) is 18.3. The van der Waals surface area contributed by atoms with E-state index in [9.17, 15) is 13.2 Å². The Morgan fingerprint density at radius 3 is 2.45 bits per heavy atom. The number of thiophene rings is 1. The minimum Gasteiger partial charge on any atom is -0.484 e. The van der Waals surface area contributed by atoms with E-state index < -0.39 is 10.0 Å². The molecule has 0 saturated heterocycles. The van der Waals surface area contributed by atoms with E-state index in [1.165, 1.54) is 22.7 Å². The van der Waals surface area contributed by atoms with Crippen LogP contribution in [0.3, 0.4) is 0 Å². The van der Waals surface area contributed by atoms with E-state index in [-0.39, 0.29) is 16.7 Å². The molecule has 1 aromatic heterocycles. The summed E-state index contributed by atoms with van der Waals surface area (Å²) in [4.78, 5) is 12.3. The highest BCUT2D eigenvalue weighted by atomic mass is 32.2. The van der Waals surface area contributed by atoms with E-state index in [4.69, 9.17) is 4.74 Å². The van der Waals surface area contributed by atoms with Gasteiger partial charge in [-0.3, -0.25) is 9.10 Å². The molecule has 0 aliphatic rings. The maximum Gasteiger partial charge on any atom is 0.273 e. The van der Waals surface area contributed by atoms with Crippen molar-refractivity contribution in [2.45, 2.75) is 4.21 Å². The van der Waals surface area contributed by atoms with E-state index in [0.717, 1.165) is 16.5 Å². The van der Waals surface area contributed by atoms with Crippen LogP contribution in [-0.2, 0) is 14.8 Å². The van der Waals surface area contributed by atoms with Gasteiger partial charge in [0, 0.05) is 18.1 Å². The summed E-state index contributed by atoms with van der Waals surface area (Å²) in [5.41, 5.74) is 1.23. The van der Waals surface area contributed by atoms with Crippen LogP contribution < -0.4 is 14.4 Å². The smallest absolute Gasteiger partial charge is 0.273 e. The molecule has 1 N–H and O–H groups in total. The molecule has 31 heavy (non-hydrogen) atoms. The third-order valence-corrected chi connectivity index (χ3v) is 7.90. The number of anilines is 2. The lowest BCUT2D eigenvalue weighted by molar-refractivity contribution is -0.118. The van der Waals surface area contributed by atoms with E-state index >= 15 is 0 Å². The lowest BCUT2D eigenvalue weighted by Gasteiger charge is -2.18. The molecule has 1 heterocycles. The zero-order chi connectivity index (χ0) is 21.8. The number of carbonyl (C=O) groups is 1. The Bertz CT molecular complexity index is 1300. The number of rotatable bonds is 7. The Kier molecular flexibility index (Phi) is 5.92. The lowest BCUT2D eigenvalue weighted by atomic mass is 10.1. The second-order valence-electron chi connectivity index (χ2n) is 6.76. The fourth-order valence-electron chi connectivity index (χ4n) is 3.11. The lowest BCUT2D eigenvalue weighted by Crippen LogP contribution is -2.25. The number of hydrogen-bond acceptors (Lipinski definition) is 5. The second-order valence-corrected chi connectivity index (χ2v) is 9.91. The van der Waals surface area contributed by atoms with Crippen molar-refractivity contribution in [1.82, 2.24) is 0 Å². The van der Waals surface area contributed by atoms with E-state index in [1.54, 1.807) is 41.8 Å². The molecule has 0 fully saturated rings. The topological polar surface area (TPSA) is 75.7 Å². The number of fused-ring (bicyclic) bond motifs is 1. The normalized spacial score (nSPS) is 11.3. The van der Waals surface area contributed by atoms with Gasteiger partial charge in [-0.05, 0) is 47.2 Å². The molecule has 0 spiro atoms. The van der Waals surface area contributed by atoms with Crippen molar-refractivity contribution in [2.24, 2.45) is 0 Å². The third-order valence-electron chi connectivity index (χ3n) is 4.74. The van der Waals surface area contributed by atoms with Gasteiger partial charge in [-0.1, -0.05) is 42.5 Å². The number of nitrogens with one attached hydrogen (secondary N) is 1. The molecular formula is C23H20N2O4S2. The van der Waals surface area contributed by atoms with Crippen LogP contribution in [0.4, 0.5) is 11.4 Å². The SMILES string of the molecule is CN(c1ccc(OCC(=O)Nc2cccc3ccccc23)cc1)S(=O)(=O)c1cccs1. The van der Waals surface area contributed by atoms with Crippen molar-refractivity contribution >= 4 is 49.4 Å². The highest BCUT2D eigenvalue weighted by Gasteiger charge is 2.22. The molecule has 0 atom stereocenters. The first-order valence-electron chi connectivity index (χ1n) is 9.48. The van der Waals surface area contributed by atoms with Crippen molar-refractivity contribution in [1.29, 1.82) is 0 Å². The van der Waals surface area contributed by atoms with Gasteiger partial charge in [0.15, 0.2) is 6.61 Å². The first-order valence-corrected chi connectivity index (χ1v) is 11.8. The molecule has 0 aliphatic carbocycles. The van der Waals surface area contributed by atoms with Crippen LogP contribution >= 0.6 is 11.3 Å². The summed E-state index contributed by atoms with van der Waals surface area (Å²) in [6, 6.07) is 23.4. The molecule has 1 amide bonds. The van der Waals surface area contributed by atoms with Gasteiger partial charge >= 0.3 is 0 Å². The van der Waals surface area contributed by atoms with Crippen LogP contribution in [0, 0.1) is 0 Å². The van der Waals surface area contributed by atoms with Gasteiger partial charge in [-0.25, -0.2) is 8.42 Å². The maximum atomic E-state index is 12.6. The molecule has 0 aliphatic heterocycles. The quantitative estimate of drug-likeness (QED) is 0.439. The predicted molar refractivity (Wildman–Crippen MR) is 124 cm³/mol.